The van der Waals surface area contributed by atoms with E-state index in [0.717, 1.165) is 116 Å². The number of rotatable bonds is 34. The molecule has 328 valence electrons. The average molecular weight is 1010 g/mol. The molecule has 12 heteroatoms. The standard InChI is InChI=1S/2C18H34O3.2C2H4O2.4CH3.2Sn/c2*1-2-3-4-11-14-17(19)15-12-9-7-5-6-8-10-13-16-18(20)21;2*1-2(3)4;;;;;;/h2*9,12,17,19H,2-8,10-11,13-16H2,1H3,(H,20,21);2*1H3,(H,3,4);4*1H3;;/q;;;;;;;;2*+2/p-4/b2*12-9-;;;;;;;;/t2*17-;;;;;;;;/m11......../s1. The Morgan fingerprint density at radius 1 is 0.464 bits per heavy atom. The third-order valence-electron chi connectivity index (χ3n) is 8.93. The third kappa shape index (κ3) is 44.0. The van der Waals surface area contributed by atoms with Gasteiger partial charge in [-0.05, 0) is 12.8 Å². The van der Waals surface area contributed by atoms with Crippen molar-refractivity contribution in [1.29, 1.82) is 0 Å². The zero-order chi connectivity index (χ0) is 42.5. The minimum atomic E-state index is -3.61. The third-order valence-corrected chi connectivity index (χ3v) is 17.5. The van der Waals surface area contributed by atoms with Crippen LogP contribution in [0.25, 0.3) is 0 Å². The molecule has 0 aromatic carbocycles. The molecule has 2 N–H and O–H groups in total. The van der Waals surface area contributed by atoms with Crippen molar-refractivity contribution in [1.82, 2.24) is 0 Å². The Bertz CT molecular complexity index is 982. The summed E-state index contributed by atoms with van der Waals surface area (Å²) in [6.07, 6.45) is 34.4. The molecule has 0 bridgehead atoms. The zero-order valence-electron chi connectivity index (χ0n) is 37.0. The quantitative estimate of drug-likeness (QED) is 0.0363. The van der Waals surface area contributed by atoms with E-state index in [2.05, 4.69) is 38.2 Å². The van der Waals surface area contributed by atoms with Crippen LogP contribution in [0.3, 0.4) is 0 Å². The molecule has 56 heavy (non-hydrogen) atoms. The van der Waals surface area contributed by atoms with Crippen LogP contribution in [-0.2, 0) is 31.5 Å². The van der Waals surface area contributed by atoms with Gasteiger partial charge in [0.15, 0.2) is 0 Å². The summed E-state index contributed by atoms with van der Waals surface area (Å²) in [4.78, 5) is 52.7. The molecule has 0 fully saturated rings. The summed E-state index contributed by atoms with van der Waals surface area (Å²) in [7, 11) is 0. The molecule has 0 aliphatic carbocycles. The van der Waals surface area contributed by atoms with Gasteiger partial charge in [0.25, 0.3) is 0 Å². The SMILES string of the molecule is CC(=O)[O][Sn]([CH3])([CH3])[O]C(C)=O.CCCCCC[C@@H](O)C/C=C\CCCCCCCC(=O)[O][Sn]([CH3])([CH3])[O]C(=O)CCCCCCC/C=C\C[C@H](O)CCCCCC. The maximum absolute atomic E-state index is 12.3. The van der Waals surface area contributed by atoms with Crippen LogP contribution in [0.4, 0.5) is 0 Å². The summed E-state index contributed by atoms with van der Waals surface area (Å²) in [6, 6.07) is 0. The monoisotopic (exact) mass is 1010 g/mol. The van der Waals surface area contributed by atoms with Gasteiger partial charge >= 0.3 is 254 Å². The van der Waals surface area contributed by atoms with Gasteiger partial charge < -0.3 is 10.2 Å². The van der Waals surface area contributed by atoms with Crippen molar-refractivity contribution in [3.05, 3.63) is 24.3 Å². The van der Waals surface area contributed by atoms with Crippen LogP contribution in [0, 0.1) is 0 Å². The Hall–Kier alpha value is -1.12. The Morgan fingerprint density at radius 3 is 1.14 bits per heavy atom. The van der Waals surface area contributed by atoms with Gasteiger partial charge in [-0.25, -0.2) is 0 Å². The fourth-order valence-electron chi connectivity index (χ4n) is 6.10. The number of unbranched alkanes of at least 4 members (excludes halogenated alkanes) is 16. The summed E-state index contributed by atoms with van der Waals surface area (Å²) in [5.74, 6) is -1.22. The number of aliphatic hydroxyl groups is 2. The Morgan fingerprint density at radius 2 is 0.786 bits per heavy atom. The number of carbonyl (C=O) groups excluding carboxylic acids is 4. The average Bonchev–Trinajstić information content (AvgIpc) is 3.08. The molecule has 0 saturated carbocycles. The molecule has 10 nitrogen and oxygen atoms in total. The van der Waals surface area contributed by atoms with Crippen molar-refractivity contribution in [3.8, 4) is 0 Å². The van der Waals surface area contributed by atoms with E-state index in [1.54, 1.807) is 9.88 Å². The van der Waals surface area contributed by atoms with Crippen molar-refractivity contribution in [2.24, 2.45) is 0 Å². The first-order chi connectivity index (χ1) is 26.5. The first-order valence-electron chi connectivity index (χ1n) is 22.0. The minimum absolute atomic E-state index is 0.202. The predicted molar refractivity (Wildman–Crippen MR) is 232 cm³/mol. The first kappa shape index (κ1) is 57.0. The van der Waals surface area contributed by atoms with Crippen LogP contribution in [0.5, 0.6) is 0 Å². The van der Waals surface area contributed by atoms with Gasteiger partial charge in [-0.2, -0.15) is 0 Å². The minimum Gasteiger partial charge on any atom is -0.393 e. The van der Waals surface area contributed by atoms with Crippen molar-refractivity contribution in [2.45, 2.75) is 227 Å². The molecule has 2 atom stereocenters. The molecule has 0 aromatic rings. The number of carbonyl (C=O) groups is 4. The van der Waals surface area contributed by atoms with Gasteiger partial charge in [0.2, 0.25) is 0 Å². The van der Waals surface area contributed by atoms with E-state index in [1.807, 2.05) is 9.88 Å². The summed E-state index contributed by atoms with van der Waals surface area (Å²) >= 11 is -6.84. The second-order valence-electron chi connectivity index (χ2n) is 16.0. The molecule has 0 aliphatic rings. The normalized spacial score (nSPS) is 12.9. The molecule has 0 rings (SSSR count). The fraction of sp³-hybridized carbons (Fsp3) is 0.818. The maximum atomic E-state index is 12.3. The van der Waals surface area contributed by atoms with Crippen molar-refractivity contribution >= 4 is 62.3 Å². The van der Waals surface area contributed by atoms with Crippen LogP contribution in [-0.4, -0.2) is 84.7 Å². The van der Waals surface area contributed by atoms with Gasteiger partial charge in [-0.15, -0.1) is 0 Å². The van der Waals surface area contributed by atoms with E-state index in [0.29, 0.717) is 12.8 Å². The molecule has 0 aromatic heterocycles. The molecular formula is C44H84O10Sn2. The van der Waals surface area contributed by atoms with E-state index < -0.39 is 38.4 Å². The Kier molecular flexibility index (Phi) is 38.8. The summed E-state index contributed by atoms with van der Waals surface area (Å²) in [5.41, 5.74) is 0. The van der Waals surface area contributed by atoms with Crippen LogP contribution < -0.4 is 0 Å². The van der Waals surface area contributed by atoms with Crippen LogP contribution in [0.15, 0.2) is 24.3 Å². The predicted octanol–water partition coefficient (Wildman–Crippen LogP) is 11.6. The molecule has 0 spiro atoms. The van der Waals surface area contributed by atoms with Crippen LogP contribution in [0.2, 0.25) is 19.8 Å². The summed E-state index contributed by atoms with van der Waals surface area (Å²) in [6.45, 7) is 7.02. The molecule has 0 aliphatic heterocycles. The number of allylic oxidation sites excluding steroid dienone is 2. The number of hydrogen-bond donors (Lipinski definition) is 2. The van der Waals surface area contributed by atoms with Crippen molar-refractivity contribution in [3.63, 3.8) is 0 Å². The van der Waals surface area contributed by atoms with Gasteiger partial charge in [-0.1, -0.05) is 65.2 Å². The van der Waals surface area contributed by atoms with E-state index in [-0.39, 0.29) is 36.1 Å². The van der Waals surface area contributed by atoms with Crippen LogP contribution in [0.1, 0.15) is 195 Å². The molecule has 0 amide bonds. The van der Waals surface area contributed by atoms with Gasteiger partial charge in [0.05, 0.1) is 12.2 Å². The molecule has 0 unspecified atom stereocenters. The molecule has 0 heterocycles. The van der Waals surface area contributed by atoms with Crippen molar-refractivity contribution in [2.75, 3.05) is 0 Å². The van der Waals surface area contributed by atoms with Gasteiger partial charge in [-0.3, -0.25) is 0 Å². The fourth-order valence-corrected chi connectivity index (χ4v) is 14.0. The smallest absolute Gasteiger partial charge is 0.393 e. The van der Waals surface area contributed by atoms with Crippen molar-refractivity contribution < 1.29 is 41.7 Å². The topological polar surface area (TPSA) is 146 Å². The van der Waals surface area contributed by atoms with E-state index in [9.17, 15) is 29.4 Å². The number of hydrogen-bond acceptors (Lipinski definition) is 10. The number of aliphatic hydroxyl groups excluding tert-OH is 2. The first-order valence-corrected chi connectivity index (χ1v) is 38.1. The summed E-state index contributed by atoms with van der Waals surface area (Å²) < 4.78 is 21.0. The van der Waals surface area contributed by atoms with E-state index in [1.165, 1.54) is 52.4 Å². The van der Waals surface area contributed by atoms with E-state index >= 15 is 0 Å². The van der Waals surface area contributed by atoms with Gasteiger partial charge in [0.1, 0.15) is 0 Å². The Balaban J connectivity index is 0. The second-order valence-corrected chi connectivity index (χ2v) is 34.3. The van der Waals surface area contributed by atoms with Gasteiger partial charge in [0, 0.05) is 0 Å². The second kappa shape index (κ2) is 38.1. The molecule has 0 radical (unpaired) electrons. The zero-order valence-corrected chi connectivity index (χ0v) is 42.7. The van der Waals surface area contributed by atoms with E-state index in [4.69, 9.17) is 12.3 Å². The molecule has 0 saturated heterocycles. The summed E-state index contributed by atoms with van der Waals surface area (Å²) in [5, 5.41) is 20.0. The van der Waals surface area contributed by atoms with Crippen LogP contribution >= 0.6 is 0 Å². The Labute approximate surface area is 352 Å². The molecular weight excluding hydrogens is 926 g/mol.